The number of rotatable bonds is 6. The Hall–Kier alpha value is -0.630. The minimum atomic E-state index is 0.588. The number of nitrogens with zero attached hydrogens (tertiary/aromatic N) is 3. The molecule has 0 atom stereocenters. The highest BCUT2D eigenvalue weighted by atomic mass is 127. The molecule has 118 valence electrons. The van der Waals surface area contributed by atoms with Crippen LogP contribution in [0.1, 0.15) is 32.9 Å². The van der Waals surface area contributed by atoms with Crippen LogP contribution in [0.4, 0.5) is 11.8 Å². The molecule has 0 spiro atoms. The van der Waals surface area contributed by atoms with Gasteiger partial charge in [-0.05, 0) is 41.4 Å². The summed E-state index contributed by atoms with van der Waals surface area (Å²) in [4.78, 5) is 11.8. The molecule has 5 nitrogen and oxygen atoms in total. The van der Waals surface area contributed by atoms with E-state index in [1.165, 1.54) is 0 Å². The number of ether oxygens (including phenoxy) is 1. The van der Waals surface area contributed by atoms with Gasteiger partial charge in [0.2, 0.25) is 5.95 Å². The van der Waals surface area contributed by atoms with E-state index in [0.29, 0.717) is 5.92 Å². The Morgan fingerprint density at radius 3 is 2.62 bits per heavy atom. The zero-order valence-corrected chi connectivity index (χ0v) is 15.3. The van der Waals surface area contributed by atoms with Crippen LogP contribution in [0.2, 0.25) is 0 Å². The summed E-state index contributed by atoms with van der Waals surface area (Å²) in [5, 5.41) is 3.44. The lowest BCUT2D eigenvalue weighted by molar-refractivity contribution is 0.122. The first-order chi connectivity index (χ1) is 10.1. The maximum absolute atomic E-state index is 5.42. The highest BCUT2D eigenvalue weighted by Gasteiger charge is 2.19. The van der Waals surface area contributed by atoms with Crippen molar-refractivity contribution in [3.63, 3.8) is 0 Å². The van der Waals surface area contributed by atoms with Crippen molar-refractivity contribution in [3.8, 4) is 0 Å². The third kappa shape index (κ3) is 4.67. The van der Waals surface area contributed by atoms with Crippen molar-refractivity contribution < 1.29 is 4.74 Å². The number of anilines is 2. The fourth-order valence-electron chi connectivity index (χ4n) is 2.27. The van der Waals surface area contributed by atoms with E-state index in [0.717, 1.165) is 66.7 Å². The van der Waals surface area contributed by atoms with Crippen molar-refractivity contribution in [2.75, 3.05) is 43.1 Å². The van der Waals surface area contributed by atoms with Gasteiger partial charge in [-0.15, -0.1) is 0 Å². The Morgan fingerprint density at radius 2 is 2.00 bits per heavy atom. The molecule has 0 bridgehead atoms. The smallest absolute Gasteiger partial charge is 0.227 e. The lowest BCUT2D eigenvalue weighted by Crippen LogP contribution is -2.37. The molecule has 1 aromatic rings. The number of aromatic nitrogens is 2. The molecule has 1 N–H and O–H groups in total. The van der Waals surface area contributed by atoms with E-state index in [1.807, 2.05) is 0 Å². The monoisotopic (exact) mass is 404 g/mol. The van der Waals surface area contributed by atoms with Gasteiger partial charge in [-0.2, -0.15) is 4.98 Å². The molecule has 1 saturated heterocycles. The first-order valence-electron chi connectivity index (χ1n) is 7.74. The molecule has 0 unspecified atom stereocenters. The van der Waals surface area contributed by atoms with Gasteiger partial charge in [-0.3, -0.25) is 0 Å². The predicted octanol–water partition coefficient (Wildman–Crippen LogP) is 2.94. The Bertz CT molecular complexity index is 461. The predicted molar refractivity (Wildman–Crippen MR) is 95.1 cm³/mol. The average Bonchev–Trinajstić information content (AvgIpc) is 2.48. The second kappa shape index (κ2) is 8.12. The minimum absolute atomic E-state index is 0.588. The molecular formula is C15H25IN4O. The van der Waals surface area contributed by atoms with Gasteiger partial charge in [0.25, 0.3) is 0 Å². The molecule has 2 rings (SSSR count). The van der Waals surface area contributed by atoms with Crippen molar-refractivity contribution in [3.05, 3.63) is 9.26 Å². The van der Waals surface area contributed by atoms with E-state index in [9.17, 15) is 0 Å². The van der Waals surface area contributed by atoms with E-state index in [4.69, 9.17) is 14.7 Å². The van der Waals surface area contributed by atoms with E-state index < -0.39 is 0 Å². The molecule has 0 saturated carbocycles. The number of nitrogens with one attached hydrogen (secondary N) is 1. The quantitative estimate of drug-likeness (QED) is 0.739. The zero-order chi connectivity index (χ0) is 15.2. The van der Waals surface area contributed by atoms with Crippen LogP contribution >= 0.6 is 22.6 Å². The highest BCUT2D eigenvalue weighted by Crippen LogP contribution is 2.25. The maximum Gasteiger partial charge on any atom is 0.227 e. The van der Waals surface area contributed by atoms with Gasteiger partial charge < -0.3 is 15.0 Å². The molecule has 0 radical (unpaired) electrons. The Morgan fingerprint density at radius 1 is 1.29 bits per heavy atom. The molecule has 0 amide bonds. The number of halogens is 1. The molecule has 1 aromatic heterocycles. The van der Waals surface area contributed by atoms with Crippen LogP contribution in [-0.4, -0.2) is 42.8 Å². The lowest BCUT2D eigenvalue weighted by Gasteiger charge is -2.28. The molecule has 1 aliphatic rings. The van der Waals surface area contributed by atoms with Crippen molar-refractivity contribution in [1.82, 2.24) is 9.97 Å². The van der Waals surface area contributed by atoms with Crippen molar-refractivity contribution in [2.24, 2.45) is 5.92 Å². The van der Waals surface area contributed by atoms with Gasteiger partial charge in [0, 0.05) is 19.6 Å². The Labute approximate surface area is 141 Å². The molecule has 0 aliphatic carbocycles. The fourth-order valence-corrected chi connectivity index (χ4v) is 2.92. The summed E-state index contributed by atoms with van der Waals surface area (Å²) < 4.78 is 6.58. The first kappa shape index (κ1) is 16.7. The zero-order valence-electron chi connectivity index (χ0n) is 13.2. The molecule has 6 heteroatoms. The molecule has 0 aromatic carbocycles. The normalized spacial score (nSPS) is 15.6. The molecular weight excluding hydrogens is 379 g/mol. The Balaban J connectivity index is 2.29. The first-order valence-corrected chi connectivity index (χ1v) is 8.82. The van der Waals surface area contributed by atoms with Crippen LogP contribution in [0.25, 0.3) is 0 Å². The summed E-state index contributed by atoms with van der Waals surface area (Å²) >= 11 is 2.37. The maximum atomic E-state index is 5.42. The number of hydrogen-bond acceptors (Lipinski definition) is 5. The molecule has 2 heterocycles. The number of hydrogen-bond donors (Lipinski definition) is 1. The summed E-state index contributed by atoms with van der Waals surface area (Å²) in [6, 6.07) is 0. The van der Waals surface area contributed by atoms with E-state index in [1.54, 1.807) is 0 Å². The van der Waals surface area contributed by atoms with Crippen LogP contribution in [0, 0.1) is 9.49 Å². The topological polar surface area (TPSA) is 50.3 Å². The van der Waals surface area contributed by atoms with E-state index >= 15 is 0 Å². The second-order valence-electron chi connectivity index (χ2n) is 5.76. The van der Waals surface area contributed by atoms with Gasteiger partial charge >= 0.3 is 0 Å². The summed E-state index contributed by atoms with van der Waals surface area (Å²) in [6.45, 7) is 10.8. The number of morpholine rings is 1. The van der Waals surface area contributed by atoms with E-state index in [2.05, 4.69) is 53.6 Å². The minimum Gasteiger partial charge on any atom is -0.378 e. The van der Waals surface area contributed by atoms with Crippen molar-refractivity contribution in [2.45, 2.75) is 33.6 Å². The summed E-state index contributed by atoms with van der Waals surface area (Å²) in [7, 11) is 0. The summed E-state index contributed by atoms with van der Waals surface area (Å²) in [5.41, 5.74) is 1.15. The average molecular weight is 404 g/mol. The van der Waals surface area contributed by atoms with Crippen LogP contribution in [0.5, 0.6) is 0 Å². The van der Waals surface area contributed by atoms with Crippen LogP contribution in [0.3, 0.4) is 0 Å². The third-order valence-corrected chi connectivity index (χ3v) is 4.48. The lowest BCUT2D eigenvalue weighted by atomic mass is 10.1. The van der Waals surface area contributed by atoms with Crippen LogP contribution in [0.15, 0.2) is 0 Å². The molecule has 1 fully saturated rings. The largest absolute Gasteiger partial charge is 0.378 e. The molecule has 1 aliphatic heterocycles. The third-order valence-electron chi connectivity index (χ3n) is 3.35. The van der Waals surface area contributed by atoms with Gasteiger partial charge in [0.05, 0.1) is 22.5 Å². The fraction of sp³-hybridized carbons (Fsp3) is 0.733. The van der Waals surface area contributed by atoms with Gasteiger partial charge in [0.15, 0.2) is 0 Å². The summed E-state index contributed by atoms with van der Waals surface area (Å²) in [6.07, 6.45) is 2.07. The van der Waals surface area contributed by atoms with Crippen LogP contribution < -0.4 is 10.2 Å². The molecule has 21 heavy (non-hydrogen) atoms. The van der Waals surface area contributed by atoms with Crippen molar-refractivity contribution in [1.29, 1.82) is 0 Å². The Kier molecular flexibility index (Phi) is 6.47. The van der Waals surface area contributed by atoms with Gasteiger partial charge in [-0.1, -0.05) is 20.8 Å². The van der Waals surface area contributed by atoms with Gasteiger partial charge in [-0.25, -0.2) is 4.98 Å². The van der Waals surface area contributed by atoms with Gasteiger partial charge in [0.1, 0.15) is 5.82 Å². The SMILES string of the molecule is CCCNc1nc(N2CCOCC2)nc(CC(C)C)c1I. The van der Waals surface area contributed by atoms with Crippen molar-refractivity contribution >= 4 is 34.4 Å². The summed E-state index contributed by atoms with van der Waals surface area (Å²) in [5.74, 6) is 2.41. The highest BCUT2D eigenvalue weighted by molar-refractivity contribution is 14.1. The van der Waals surface area contributed by atoms with E-state index in [-0.39, 0.29) is 0 Å². The standard InChI is InChI=1S/C15H25IN4O/c1-4-5-17-14-13(16)12(10-11(2)3)18-15(19-14)20-6-8-21-9-7-20/h11H,4-10H2,1-3H3,(H,17,18,19). The second-order valence-corrected chi connectivity index (χ2v) is 6.84. The van der Waals surface area contributed by atoms with Crippen LogP contribution in [-0.2, 0) is 11.2 Å².